The van der Waals surface area contributed by atoms with Gasteiger partial charge in [0.2, 0.25) is 10.0 Å². The Hall–Kier alpha value is -0.920. The molecule has 0 saturated heterocycles. The maximum Gasteiger partial charge on any atom is 0.251 e. The monoisotopic (exact) mass is 402 g/mol. The Bertz CT molecular complexity index is 666. The number of sulfonamides is 1. The number of hydrogen-bond donors (Lipinski definition) is 1. The first kappa shape index (κ1) is 18.4. The first-order valence-electron chi connectivity index (χ1n) is 7.85. The lowest BCUT2D eigenvalue weighted by molar-refractivity contribution is 0.0933. The molecule has 0 spiro atoms. The quantitative estimate of drug-likeness (QED) is 0.786. The van der Waals surface area contributed by atoms with Crippen molar-refractivity contribution in [2.45, 2.75) is 49.5 Å². The van der Waals surface area contributed by atoms with E-state index >= 15 is 0 Å². The van der Waals surface area contributed by atoms with E-state index in [1.807, 2.05) is 0 Å². The summed E-state index contributed by atoms with van der Waals surface area (Å²) in [5, 5.41) is 3.04. The van der Waals surface area contributed by atoms with Gasteiger partial charge in [0.25, 0.3) is 5.91 Å². The number of amides is 1. The summed E-state index contributed by atoms with van der Waals surface area (Å²) >= 11 is 3.25. The normalized spacial score (nSPS) is 17.0. The van der Waals surface area contributed by atoms with Gasteiger partial charge in [0, 0.05) is 30.2 Å². The molecule has 1 N–H and O–H groups in total. The van der Waals surface area contributed by atoms with Gasteiger partial charge in [0.15, 0.2) is 0 Å². The Morgan fingerprint density at radius 3 is 2.35 bits per heavy atom. The van der Waals surface area contributed by atoms with Gasteiger partial charge >= 0.3 is 0 Å². The van der Waals surface area contributed by atoms with Crippen molar-refractivity contribution in [3.8, 4) is 0 Å². The molecule has 1 amide bonds. The number of nitrogens with zero attached hydrogens (tertiary/aromatic N) is 1. The molecule has 0 aromatic heterocycles. The van der Waals surface area contributed by atoms with E-state index in [0.29, 0.717) is 10.0 Å². The second kappa shape index (κ2) is 7.77. The van der Waals surface area contributed by atoms with E-state index in [0.717, 1.165) is 30.0 Å². The third-order valence-electron chi connectivity index (χ3n) is 4.14. The van der Waals surface area contributed by atoms with Crippen LogP contribution in [0.4, 0.5) is 0 Å². The van der Waals surface area contributed by atoms with Crippen LogP contribution in [0.5, 0.6) is 0 Å². The van der Waals surface area contributed by atoms with Gasteiger partial charge in [-0.05, 0) is 47.0 Å². The van der Waals surface area contributed by atoms with Gasteiger partial charge in [0.1, 0.15) is 0 Å². The summed E-state index contributed by atoms with van der Waals surface area (Å²) in [6.45, 7) is 0. The molecule has 1 aromatic carbocycles. The van der Waals surface area contributed by atoms with E-state index in [9.17, 15) is 13.2 Å². The van der Waals surface area contributed by atoms with Crippen LogP contribution >= 0.6 is 15.9 Å². The molecule has 0 atom stereocenters. The van der Waals surface area contributed by atoms with Crippen molar-refractivity contribution in [2.24, 2.45) is 0 Å². The molecule has 2 rings (SSSR count). The van der Waals surface area contributed by atoms with Crippen LogP contribution in [-0.4, -0.2) is 38.8 Å². The van der Waals surface area contributed by atoms with Crippen LogP contribution in [0.1, 0.15) is 48.9 Å². The molecule has 1 aromatic rings. The second-order valence-corrected chi connectivity index (χ2v) is 9.07. The van der Waals surface area contributed by atoms with Crippen LogP contribution in [0.15, 0.2) is 27.6 Å². The van der Waals surface area contributed by atoms with E-state index in [1.165, 1.54) is 33.0 Å². The first-order valence-corrected chi connectivity index (χ1v) is 10.1. The van der Waals surface area contributed by atoms with Gasteiger partial charge < -0.3 is 5.32 Å². The minimum atomic E-state index is -3.60. The van der Waals surface area contributed by atoms with E-state index in [4.69, 9.17) is 0 Å². The number of halogens is 1. The molecule has 5 nitrogen and oxygen atoms in total. The molecule has 0 radical (unpaired) electrons. The van der Waals surface area contributed by atoms with Crippen LogP contribution in [0.3, 0.4) is 0 Å². The van der Waals surface area contributed by atoms with Crippen LogP contribution in [0.2, 0.25) is 0 Å². The van der Waals surface area contributed by atoms with Crippen molar-refractivity contribution in [1.82, 2.24) is 9.62 Å². The summed E-state index contributed by atoms with van der Waals surface area (Å²) < 4.78 is 26.2. The zero-order valence-electron chi connectivity index (χ0n) is 13.5. The summed E-state index contributed by atoms with van der Waals surface area (Å²) in [4.78, 5) is 12.6. The van der Waals surface area contributed by atoms with Gasteiger partial charge in [-0.3, -0.25) is 4.79 Å². The zero-order chi connectivity index (χ0) is 17.0. The standard InChI is InChI=1S/C16H23BrN2O3S/c1-19(2)23(21,22)15-11-12(9-10-14(15)17)16(20)18-13-7-5-3-4-6-8-13/h9-11,13H,3-8H2,1-2H3,(H,18,20). The van der Waals surface area contributed by atoms with Crippen molar-refractivity contribution in [2.75, 3.05) is 14.1 Å². The topological polar surface area (TPSA) is 66.5 Å². The number of benzene rings is 1. The van der Waals surface area contributed by atoms with E-state index < -0.39 is 10.0 Å². The average Bonchev–Trinajstić information content (AvgIpc) is 2.75. The van der Waals surface area contributed by atoms with Crippen LogP contribution in [0, 0.1) is 0 Å². The number of rotatable bonds is 4. The van der Waals surface area contributed by atoms with Crippen molar-refractivity contribution in [1.29, 1.82) is 0 Å². The van der Waals surface area contributed by atoms with Gasteiger partial charge in [-0.1, -0.05) is 25.7 Å². The summed E-state index contributed by atoms with van der Waals surface area (Å²) in [6.07, 6.45) is 6.68. The van der Waals surface area contributed by atoms with Gasteiger partial charge in [-0.2, -0.15) is 0 Å². The molecular formula is C16H23BrN2O3S. The van der Waals surface area contributed by atoms with Crippen LogP contribution in [0.25, 0.3) is 0 Å². The summed E-state index contributed by atoms with van der Waals surface area (Å²) in [5.74, 6) is -0.209. The second-order valence-electron chi connectivity index (χ2n) is 6.09. The molecule has 7 heteroatoms. The van der Waals surface area contributed by atoms with Crippen molar-refractivity contribution < 1.29 is 13.2 Å². The Kier molecular flexibility index (Phi) is 6.22. The fourth-order valence-corrected chi connectivity index (χ4v) is 4.58. The molecule has 128 valence electrons. The maximum atomic E-state index is 12.5. The fraction of sp³-hybridized carbons (Fsp3) is 0.562. The Morgan fingerprint density at radius 2 is 1.78 bits per heavy atom. The van der Waals surface area contributed by atoms with Crippen molar-refractivity contribution in [3.05, 3.63) is 28.2 Å². The number of carbonyl (C=O) groups is 1. The Morgan fingerprint density at radius 1 is 1.17 bits per heavy atom. The summed E-state index contributed by atoms with van der Waals surface area (Å²) in [5.41, 5.74) is 0.373. The number of hydrogen-bond acceptors (Lipinski definition) is 3. The van der Waals surface area contributed by atoms with Gasteiger partial charge in [-0.15, -0.1) is 0 Å². The number of carbonyl (C=O) groups excluding carboxylic acids is 1. The highest BCUT2D eigenvalue weighted by molar-refractivity contribution is 9.10. The van der Waals surface area contributed by atoms with Gasteiger partial charge in [-0.25, -0.2) is 12.7 Å². The molecule has 0 aliphatic heterocycles. The summed E-state index contributed by atoms with van der Waals surface area (Å²) in [6, 6.07) is 4.87. The molecule has 1 aliphatic rings. The summed E-state index contributed by atoms with van der Waals surface area (Å²) in [7, 11) is -0.652. The highest BCUT2D eigenvalue weighted by Gasteiger charge is 2.23. The lowest BCUT2D eigenvalue weighted by Gasteiger charge is -2.17. The minimum Gasteiger partial charge on any atom is -0.349 e. The lowest BCUT2D eigenvalue weighted by atomic mass is 10.1. The molecule has 1 aliphatic carbocycles. The number of nitrogens with one attached hydrogen (secondary N) is 1. The average molecular weight is 403 g/mol. The maximum absolute atomic E-state index is 12.5. The molecule has 0 bridgehead atoms. The molecule has 1 saturated carbocycles. The fourth-order valence-electron chi connectivity index (χ4n) is 2.73. The Labute approximate surface area is 146 Å². The Balaban J connectivity index is 2.21. The molecule has 23 heavy (non-hydrogen) atoms. The molecule has 0 heterocycles. The predicted octanol–water partition coefficient (Wildman–Crippen LogP) is 3.15. The van der Waals surface area contributed by atoms with Crippen LogP contribution in [-0.2, 0) is 10.0 Å². The van der Waals surface area contributed by atoms with E-state index in [2.05, 4.69) is 21.2 Å². The zero-order valence-corrected chi connectivity index (χ0v) is 15.9. The highest BCUT2D eigenvalue weighted by Crippen LogP contribution is 2.25. The SMILES string of the molecule is CN(C)S(=O)(=O)c1cc(C(=O)NC2CCCCCC2)ccc1Br. The van der Waals surface area contributed by atoms with Crippen molar-refractivity contribution in [3.63, 3.8) is 0 Å². The lowest BCUT2D eigenvalue weighted by Crippen LogP contribution is -2.34. The third kappa shape index (κ3) is 4.55. The molecule has 0 unspecified atom stereocenters. The first-order chi connectivity index (χ1) is 10.8. The highest BCUT2D eigenvalue weighted by atomic mass is 79.9. The molecule has 1 fully saturated rings. The predicted molar refractivity (Wildman–Crippen MR) is 94.0 cm³/mol. The largest absolute Gasteiger partial charge is 0.349 e. The van der Waals surface area contributed by atoms with Crippen molar-refractivity contribution >= 4 is 31.9 Å². The smallest absolute Gasteiger partial charge is 0.251 e. The van der Waals surface area contributed by atoms with Gasteiger partial charge in [0.05, 0.1) is 4.90 Å². The molecular weight excluding hydrogens is 380 g/mol. The van der Waals surface area contributed by atoms with Crippen LogP contribution < -0.4 is 5.32 Å². The third-order valence-corrected chi connectivity index (χ3v) is 6.95. The minimum absolute atomic E-state index is 0.107. The van der Waals surface area contributed by atoms with E-state index in [1.54, 1.807) is 12.1 Å². The van der Waals surface area contributed by atoms with E-state index in [-0.39, 0.29) is 16.8 Å².